The van der Waals surface area contributed by atoms with Gasteiger partial charge in [-0.15, -0.1) is 11.3 Å². The van der Waals surface area contributed by atoms with Gasteiger partial charge < -0.3 is 0 Å². The number of nitrogens with zero attached hydrogens (tertiary/aromatic N) is 3. The van der Waals surface area contributed by atoms with E-state index in [0.29, 0.717) is 0 Å². The first-order chi connectivity index (χ1) is 9.40. The molecule has 19 heavy (non-hydrogen) atoms. The molecular weight excluding hydrogens is 294 g/mol. The van der Waals surface area contributed by atoms with Crippen LogP contribution < -0.4 is 0 Å². The van der Waals surface area contributed by atoms with E-state index in [1.165, 1.54) is 0 Å². The molecule has 0 radical (unpaired) electrons. The highest BCUT2D eigenvalue weighted by Crippen LogP contribution is 2.36. The zero-order chi connectivity index (χ0) is 12.9. The van der Waals surface area contributed by atoms with Gasteiger partial charge in [0.15, 0.2) is 4.34 Å². The van der Waals surface area contributed by atoms with Crippen LogP contribution in [0.3, 0.4) is 0 Å². The molecule has 0 N–H and O–H groups in total. The molecule has 3 nitrogen and oxygen atoms in total. The number of aromatic nitrogens is 3. The fourth-order valence-corrected chi connectivity index (χ4v) is 4.36. The van der Waals surface area contributed by atoms with Crippen molar-refractivity contribution in [2.24, 2.45) is 0 Å². The van der Waals surface area contributed by atoms with E-state index in [1.54, 1.807) is 47.3 Å². The Morgan fingerprint density at radius 2 is 1.47 bits per heavy atom. The van der Waals surface area contributed by atoms with Gasteiger partial charge in [-0.3, -0.25) is 0 Å². The predicted octanol–water partition coefficient (Wildman–Crippen LogP) is 4.24. The second kappa shape index (κ2) is 6.18. The summed E-state index contributed by atoms with van der Waals surface area (Å²) in [4.78, 5) is 13.0. The molecule has 0 aliphatic carbocycles. The summed E-state index contributed by atoms with van der Waals surface area (Å²) < 4.78 is 2.13. The van der Waals surface area contributed by atoms with E-state index in [1.807, 2.05) is 42.6 Å². The molecule has 3 aromatic rings. The molecule has 3 rings (SSSR count). The lowest BCUT2D eigenvalue weighted by molar-refractivity contribution is 1.12. The molecule has 0 spiro atoms. The average molecular weight is 303 g/mol. The van der Waals surface area contributed by atoms with Crippen LogP contribution in [0, 0.1) is 0 Å². The van der Waals surface area contributed by atoms with Gasteiger partial charge in [0.2, 0.25) is 0 Å². The Morgan fingerprint density at radius 3 is 2.11 bits per heavy atom. The summed E-state index contributed by atoms with van der Waals surface area (Å²) in [5, 5.41) is 1.95. The van der Waals surface area contributed by atoms with Crippen molar-refractivity contribution < 1.29 is 0 Å². The number of pyridine rings is 2. The van der Waals surface area contributed by atoms with Crippen molar-refractivity contribution in [2.45, 2.75) is 18.6 Å². The normalized spacial score (nSPS) is 10.5. The Hall–Kier alpha value is -1.37. The van der Waals surface area contributed by atoms with Crippen LogP contribution in [0.4, 0.5) is 0 Å². The Kier molecular flexibility index (Phi) is 4.12. The first-order valence-electron chi connectivity index (χ1n) is 5.54. The Balaban J connectivity index is 1.70. The van der Waals surface area contributed by atoms with E-state index in [2.05, 4.69) is 15.0 Å². The van der Waals surface area contributed by atoms with Crippen LogP contribution in [0.1, 0.15) is 0 Å². The lowest BCUT2D eigenvalue weighted by Crippen LogP contribution is -1.75. The zero-order valence-electron chi connectivity index (χ0n) is 9.76. The van der Waals surface area contributed by atoms with Gasteiger partial charge in [0, 0.05) is 12.4 Å². The third kappa shape index (κ3) is 3.56. The molecule has 0 unspecified atom stereocenters. The van der Waals surface area contributed by atoms with Crippen LogP contribution in [-0.2, 0) is 0 Å². The summed E-state index contributed by atoms with van der Waals surface area (Å²) in [7, 11) is 0. The van der Waals surface area contributed by atoms with E-state index < -0.39 is 0 Å². The molecule has 6 heteroatoms. The second-order valence-electron chi connectivity index (χ2n) is 3.49. The average Bonchev–Trinajstić information content (AvgIpc) is 2.88. The zero-order valence-corrected chi connectivity index (χ0v) is 12.2. The quantitative estimate of drug-likeness (QED) is 0.721. The van der Waals surface area contributed by atoms with E-state index in [0.717, 1.165) is 18.6 Å². The van der Waals surface area contributed by atoms with Crippen molar-refractivity contribution in [1.29, 1.82) is 0 Å². The predicted molar refractivity (Wildman–Crippen MR) is 78.8 cm³/mol. The summed E-state index contributed by atoms with van der Waals surface area (Å²) in [5.41, 5.74) is 0. The maximum Gasteiger partial charge on any atom is 0.157 e. The van der Waals surface area contributed by atoms with Crippen molar-refractivity contribution in [1.82, 2.24) is 15.0 Å². The minimum atomic E-state index is 0.964. The fraction of sp³-hybridized carbons (Fsp3) is 0. The Bertz CT molecular complexity index is 585. The van der Waals surface area contributed by atoms with Crippen molar-refractivity contribution in [3.63, 3.8) is 0 Å². The smallest absolute Gasteiger partial charge is 0.157 e. The maximum absolute atomic E-state index is 4.40. The van der Waals surface area contributed by atoms with Gasteiger partial charge in [-0.05, 0) is 36.0 Å². The molecule has 0 amide bonds. The molecule has 0 aromatic carbocycles. The number of thiazole rings is 1. The van der Waals surface area contributed by atoms with Gasteiger partial charge >= 0.3 is 0 Å². The minimum absolute atomic E-state index is 0.964. The molecule has 0 bridgehead atoms. The highest BCUT2D eigenvalue weighted by Gasteiger charge is 2.06. The van der Waals surface area contributed by atoms with Gasteiger partial charge in [-0.2, -0.15) is 0 Å². The molecule has 0 aliphatic heterocycles. The van der Waals surface area contributed by atoms with E-state index in [9.17, 15) is 0 Å². The molecule has 0 saturated carbocycles. The molecule has 0 atom stereocenters. The number of rotatable bonds is 4. The maximum atomic E-state index is 4.40. The summed E-state index contributed by atoms with van der Waals surface area (Å²) in [5.74, 6) is 0. The molecular formula is C13H9N3S3. The van der Waals surface area contributed by atoms with Gasteiger partial charge in [-0.25, -0.2) is 15.0 Å². The van der Waals surface area contributed by atoms with Crippen molar-refractivity contribution in [2.75, 3.05) is 0 Å². The third-order valence-electron chi connectivity index (χ3n) is 2.14. The van der Waals surface area contributed by atoms with E-state index in [4.69, 9.17) is 0 Å². The lowest BCUT2D eigenvalue weighted by atomic mass is 10.5. The topological polar surface area (TPSA) is 38.7 Å². The Labute approximate surface area is 123 Å². The first kappa shape index (κ1) is 12.7. The largest absolute Gasteiger partial charge is 0.250 e. The van der Waals surface area contributed by atoms with Crippen LogP contribution in [0.25, 0.3) is 0 Å². The van der Waals surface area contributed by atoms with Gasteiger partial charge in [0.1, 0.15) is 10.1 Å². The number of hydrogen-bond donors (Lipinski definition) is 0. The Morgan fingerprint density at radius 1 is 0.789 bits per heavy atom. The van der Waals surface area contributed by atoms with Crippen molar-refractivity contribution in [3.05, 3.63) is 55.0 Å². The summed E-state index contributed by atoms with van der Waals surface area (Å²) >= 11 is 4.87. The summed E-state index contributed by atoms with van der Waals surface area (Å²) in [6.07, 6.45) is 5.47. The molecule has 0 saturated heterocycles. The second-order valence-corrected chi connectivity index (χ2v) is 7.10. The highest BCUT2D eigenvalue weighted by molar-refractivity contribution is 8.03. The van der Waals surface area contributed by atoms with Crippen molar-refractivity contribution >= 4 is 34.9 Å². The van der Waals surface area contributed by atoms with E-state index >= 15 is 0 Å². The summed E-state index contributed by atoms with van der Waals surface area (Å²) in [6, 6.07) is 11.8. The van der Waals surface area contributed by atoms with Gasteiger partial charge in [0.05, 0.1) is 10.4 Å². The van der Waals surface area contributed by atoms with Gasteiger partial charge in [-0.1, -0.05) is 23.9 Å². The van der Waals surface area contributed by atoms with Crippen LogP contribution in [0.15, 0.2) is 73.6 Å². The van der Waals surface area contributed by atoms with Crippen LogP contribution in [0.5, 0.6) is 0 Å². The number of hydrogen-bond acceptors (Lipinski definition) is 6. The van der Waals surface area contributed by atoms with Gasteiger partial charge in [0.25, 0.3) is 0 Å². The molecule has 3 aromatic heterocycles. The molecule has 94 valence electrons. The molecule has 3 heterocycles. The lowest BCUT2D eigenvalue weighted by Gasteiger charge is -1.95. The third-order valence-corrected chi connectivity index (χ3v) is 5.21. The molecule has 0 aliphatic rings. The minimum Gasteiger partial charge on any atom is -0.250 e. The van der Waals surface area contributed by atoms with Crippen LogP contribution in [-0.4, -0.2) is 15.0 Å². The fourth-order valence-electron chi connectivity index (χ4n) is 1.35. The van der Waals surface area contributed by atoms with Crippen LogP contribution in [0.2, 0.25) is 0 Å². The van der Waals surface area contributed by atoms with Crippen molar-refractivity contribution in [3.8, 4) is 0 Å². The monoisotopic (exact) mass is 303 g/mol. The SMILES string of the molecule is c1ccc(Sc2cnc(Sc3ccccn3)s2)nc1. The highest BCUT2D eigenvalue weighted by atomic mass is 32.2. The summed E-state index contributed by atoms with van der Waals surface area (Å²) in [6.45, 7) is 0. The first-order valence-corrected chi connectivity index (χ1v) is 7.99. The van der Waals surface area contributed by atoms with E-state index in [-0.39, 0.29) is 0 Å². The standard InChI is InChI=1S/C13H9N3S3/c1-3-7-14-10(5-1)17-12-9-16-13(19-12)18-11-6-2-4-8-15-11/h1-9H. The van der Waals surface area contributed by atoms with Crippen LogP contribution >= 0.6 is 34.9 Å². The molecule has 0 fully saturated rings.